The lowest BCUT2D eigenvalue weighted by Crippen LogP contribution is -2.17. The number of nitrogens with one attached hydrogen (secondary N) is 1. The minimum Gasteiger partial charge on any atom is -0.495 e. The van der Waals surface area contributed by atoms with E-state index in [1.54, 1.807) is 20.4 Å². The van der Waals surface area contributed by atoms with Gasteiger partial charge in [-0.1, -0.05) is 0 Å². The van der Waals surface area contributed by atoms with Crippen molar-refractivity contribution < 1.29 is 9.47 Å². The van der Waals surface area contributed by atoms with Crippen LogP contribution < -0.4 is 10.1 Å². The van der Waals surface area contributed by atoms with Gasteiger partial charge >= 0.3 is 0 Å². The molecule has 1 aromatic heterocycles. The van der Waals surface area contributed by atoms with Gasteiger partial charge in [-0.2, -0.15) is 0 Å². The molecule has 1 heterocycles. The van der Waals surface area contributed by atoms with Crippen LogP contribution in [0.25, 0.3) is 0 Å². The van der Waals surface area contributed by atoms with Crippen molar-refractivity contribution >= 4 is 0 Å². The molecule has 0 aliphatic rings. The van der Waals surface area contributed by atoms with Crippen LogP contribution in [0, 0.1) is 0 Å². The Kier molecular flexibility index (Phi) is 5.82. The first-order valence-electron chi connectivity index (χ1n) is 5.47. The van der Waals surface area contributed by atoms with Crippen LogP contribution in [0.4, 0.5) is 0 Å². The molecule has 0 aromatic carbocycles. The van der Waals surface area contributed by atoms with Crippen molar-refractivity contribution in [3.63, 3.8) is 0 Å². The van der Waals surface area contributed by atoms with Gasteiger partial charge < -0.3 is 14.8 Å². The predicted octanol–water partition coefficient (Wildman–Crippen LogP) is 1.78. The molecule has 1 unspecified atom stereocenters. The minimum absolute atomic E-state index is 0.303. The summed E-state index contributed by atoms with van der Waals surface area (Å²) in [6.07, 6.45) is 5.64. The molecule has 90 valence electrons. The first-order valence-corrected chi connectivity index (χ1v) is 5.47. The van der Waals surface area contributed by atoms with E-state index >= 15 is 0 Å². The number of rotatable bonds is 7. The summed E-state index contributed by atoms with van der Waals surface area (Å²) in [5.41, 5.74) is 1.15. The second-order valence-electron chi connectivity index (χ2n) is 3.63. The van der Waals surface area contributed by atoms with Gasteiger partial charge in [0.05, 0.1) is 13.3 Å². The minimum atomic E-state index is 0.303. The zero-order valence-corrected chi connectivity index (χ0v) is 10.2. The average molecular weight is 224 g/mol. The maximum absolute atomic E-state index is 5.16. The maximum Gasteiger partial charge on any atom is 0.137 e. The fraction of sp³-hybridized carbons (Fsp3) is 0.583. The first-order chi connectivity index (χ1) is 7.81. The van der Waals surface area contributed by atoms with Crippen molar-refractivity contribution in [1.29, 1.82) is 0 Å². The number of methoxy groups -OCH3 is 2. The molecule has 4 heteroatoms. The van der Waals surface area contributed by atoms with E-state index in [1.165, 1.54) is 0 Å². The smallest absolute Gasteiger partial charge is 0.137 e. The number of nitrogens with zero attached hydrogens (tertiary/aromatic N) is 1. The molecule has 0 radical (unpaired) electrons. The summed E-state index contributed by atoms with van der Waals surface area (Å²) in [7, 11) is 5.33. The van der Waals surface area contributed by atoms with Gasteiger partial charge in [0.2, 0.25) is 0 Å². The van der Waals surface area contributed by atoms with Gasteiger partial charge in [0.15, 0.2) is 0 Å². The summed E-state index contributed by atoms with van der Waals surface area (Å²) in [5.74, 6) is 0.796. The Bertz CT molecular complexity index is 305. The first kappa shape index (κ1) is 12.9. The molecular weight excluding hydrogens is 204 g/mol. The molecular formula is C12H20N2O2. The number of ether oxygens (including phenoxy) is 2. The van der Waals surface area contributed by atoms with Crippen LogP contribution >= 0.6 is 0 Å². The third-order valence-corrected chi connectivity index (χ3v) is 2.56. The van der Waals surface area contributed by atoms with E-state index in [4.69, 9.17) is 9.47 Å². The lowest BCUT2D eigenvalue weighted by molar-refractivity contribution is 0.189. The van der Waals surface area contributed by atoms with E-state index in [0.29, 0.717) is 6.04 Å². The second-order valence-corrected chi connectivity index (χ2v) is 3.63. The van der Waals surface area contributed by atoms with Crippen LogP contribution in [0.5, 0.6) is 5.75 Å². The van der Waals surface area contributed by atoms with E-state index in [2.05, 4.69) is 10.3 Å². The highest BCUT2D eigenvalue weighted by Gasteiger charge is 2.09. The van der Waals surface area contributed by atoms with Gasteiger partial charge in [-0.15, -0.1) is 0 Å². The van der Waals surface area contributed by atoms with Gasteiger partial charge in [-0.05, 0) is 31.5 Å². The molecule has 1 N–H and O–H groups in total. The van der Waals surface area contributed by atoms with Gasteiger partial charge in [-0.3, -0.25) is 4.98 Å². The van der Waals surface area contributed by atoms with Crippen LogP contribution in [0.3, 0.4) is 0 Å². The lowest BCUT2D eigenvalue weighted by Gasteiger charge is -2.16. The number of hydrogen-bond acceptors (Lipinski definition) is 4. The Labute approximate surface area is 97.0 Å². The number of pyridine rings is 1. The molecule has 1 aromatic rings. The Morgan fingerprint density at radius 1 is 1.38 bits per heavy atom. The molecule has 1 rings (SSSR count). The van der Waals surface area contributed by atoms with E-state index in [-0.39, 0.29) is 0 Å². The van der Waals surface area contributed by atoms with Crippen molar-refractivity contribution in [3.8, 4) is 5.75 Å². The fourth-order valence-electron chi connectivity index (χ4n) is 1.65. The van der Waals surface area contributed by atoms with Crippen molar-refractivity contribution in [2.24, 2.45) is 0 Å². The highest BCUT2D eigenvalue weighted by Crippen LogP contribution is 2.20. The third-order valence-electron chi connectivity index (χ3n) is 2.56. The van der Waals surface area contributed by atoms with E-state index in [9.17, 15) is 0 Å². The summed E-state index contributed by atoms with van der Waals surface area (Å²) < 4.78 is 10.2. The molecule has 0 fully saturated rings. The van der Waals surface area contributed by atoms with Crippen molar-refractivity contribution in [1.82, 2.24) is 10.3 Å². The summed E-state index contributed by atoms with van der Waals surface area (Å²) in [5, 5.41) is 3.28. The van der Waals surface area contributed by atoms with Crippen molar-refractivity contribution in [3.05, 3.63) is 24.0 Å². The molecule has 0 saturated heterocycles. The standard InChI is InChI=1S/C12H20N2O2/c1-13-12(5-4-6-15-2)10-7-11(16-3)9-14-8-10/h7-9,12-13H,4-6H2,1-3H3. The summed E-state index contributed by atoms with van der Waals surface area (Å²) in [4.78, 5) is 4.16. The molecule has 0 bridgehead atoms. The molecule has 0 spiro atoms. The van der Waals surface area contributed by atoms with Gasteiger partial charge in [0.1, 0.15) is 5.75 Å². The number of aromatic nitrogens is 1. The Hall–Kier alpha value is -1.13. The molecule has 0 saturated carbocycles. The normalized spacial score (nSPS) is 12.4. The summed E-state index contributed by atoms with van der Waals surface area (Å²) in [6, 6.07) is 2.32. The lowest BCUT2D eigenvalue weighted by atomic mass is 10.0. The zero-order valence-electron chi connectivity index (χ0n) is 10.2. The fourth-order valence-corrected chi connectivity index (χ4v) is 1.65. The maximum atomic E-state index is 5.16. The largest absolute Gasteiger partial charge is 0.495 e. The van der Waals surface area contributed by atoms with Crippen LogP contribution in [-0.4, -0.2) is 32.9 Å². The SMILES string of the molecule is CNC(CCCOC)c1cncc(OC)c1. The van der Waals surface area contributed by atoms with Crippen LogP contribution in [0.15, 0.2) is 18.5 Å². The van der Waals surface area contributed by atoms with Crippen LogP contribution in [0.1, 0.15) is 24.4 Å². The summed E-state index contributed by atoms with van der Waals surface area (Å²) >= 11 is 0. The highest BCUT2D eigenvalue weighted by molar-refractivity contribution is 5.25. The molecule has 0 aliphatic carbocycles. The van der Waals surface area contributed by atoms with E-state index in [0.717, 1.165) is 30.8 Å². The van der Waals surface area contributed by atoms with Crippen molar-refractivity contribution in [2.45, 2.75) is 18.9 Å². The van der Waals surface area contributed by atoms with Gasteiger partial charge in [-0.25, -0.2) is 0 Å². The molecule has 16 heavy (non-hydrogen) atoms. The van der Waals surface area contributed by atoms with E-state index in [1.807, 2.05) is 19.3 Å². The Morgan fingerprint density at radius 2 is 2.19 bits per heavy atom. The molecule has 1 atom stereocenters. The average Bonchev–Trinajstić information content (AvgIpc) is 2.35. The van der Waals surface area contributed by atoms with Crippen LogP contribution in [0.2, 0.25) is 0 Å². The highest BCUT2D eigenvalue weighted by atomic mass is 16.5. The third kappa shape index (κ3) is 3.79. The zero-order chi connectivity index (χ0) is 11.8. The molecule has 0 amide bonds. The van der Waals surface area contributed by atoms with Crippen molar-refractivity contribution in [2.75, 3.05) is 27.9 Å². The summed E-state index contributed by atoms with van der Waals surface area (Å²) in [6.45, 7) is 0.787. The monoisotopic (exact) mass is 224 g/mol. The van der Waals surface area contributed by atoms with Gasteiger partial charge in [0, 0.05) is 26.0 Å². The Balaban J connectivity index is 2.62. The molecule has 0 aliphatic heterocycles. The second kappa shape index (κ2) is 7.19. The molecule has 4 nitrogen and oxygen atoms in total. The Morgan fingerprint density at radius 3 is 2.81 bits per heavy atom. The topological polar surface area (TPSA) is 43.4 Å². The van der Waals surface area contributed by atoms with E-state index < -0.39 is 0 Å². The van der Waals surface area contributed by atoms with Gasteiger partial charge in [0.25, 0.3) is 0 Å². The number of hydrogen-bond donors (Lipinski definition) is 1. The quantitative estimate of drug-likeness (QED) is 0.717. The predicted molar refractivity (Wildman–Crippen MR) is 63.7 cm³/mol. The van der Waals surface area contributed by atoms with Crippen LogP contribution in [-0.2, 0) is 4.74 Å².